The number of anilines is 1. The number of thioether (sulfide) groups is 1. The van der Waals surface area contributed by atoms with Crippen LogP contribution < -0.4 is 10.6 Å². The normalized spacial score (nSPS) is 16.8. The minimum Gasteiger partial charge on any atom is -0.346 e. The van der Waals surface area contributed by atoms with Crippen LogP contribution in [0.1, 0.15) is 35.8 Å². The van der Waals surface area contributed by atoms with Gasteiger partial charge in [-0.1, -0.05) is 12.1 Å². The molecule has 0 radical (unpaired) electrons. The second-order valence-electron chi connectivity index (χ2n) is 6.72. The summed E-state index contributed by atoms with van der Waals surface area (Å²) < 4.78 is 1.92. The Hall–Kier alpha value is -3.06. The molecule has 4 rings (SSSR count). The maximum Gasteiger partial charge on any atom is 0.251 e. The lowest BCUT2D eigenvalue weighted by Crippen LogP contribution is -2.28. The van der Waals surface area contributed by atoms with Crippen LogP contribution in [0, 0.1) is 0 Å². The van der Waals surface area contributed by atoms with Crippen LogP contribution >= 0.6 is 11.8 Å². The van der Waals surface area contributed by atoms with E-state index in [2.05, 4.69) is 15.6 Å². The summed E-state index contributed by atoms with van der Waals surface area (Å²) in [6, 6.07) is 13.2. The predicted molar refractivity (Wildman–Crippen MR) is 110 cm³/mol. The summed E-state index contributed by atoms with van der Waals surface area (Å²) in [7, 11) is 0. The van der Waals surface area contributed by atoms with E-state index in [1.807, 2.05) is 54.9 Å². The highest BCUT2D eigenvalue weighted by Crippen LogP contribution is 2.36. The smallest absolute Gasteiger partial charge is 0.251 e. The van der Waals surface area contributed by atoms with Gasteiger partial charge in [-0.25, -0.2) is 4.98 Å². The molecular weight excluding hydrogens is 372 g/mol. The zero-order valence-corrected chi connectivity index (χ0v) is 16.4. The second kappa shape index (κ2) is 7.52. The quantitative estimate of drug-likeness (QED) is 0.708. The Morgan fingerprint density at radius 3 is 2.75 bits per heavy atom. The van der Waals surface area contributed by atoms with Crippen LogP contribution in [0.25, 0.3) is 5.69 Å². The summed E-state index contributed by atoms with van der Waals surface area (Å²) in [4.78, 5) is 29.6. The van der Waals surface area contributed by atoms with Gasteiger partial charge in [0.25, 0.3) is 5.91 Å². The van der Waals surface area contributed by atoms with Gasteiger partial charge >= 0.3 is 0 Å². The third-order valence-electron chi connectivity index (χ3n) is 4.72. The van der Waals surface area contributed by atoms with Gasteiger partial charge < -0.3 is 15.2 Å². The lowest BCUT2D eigenvalue weighted by atomic mass is 10.1. The third-order valence-corrected chi connectivity index (χ3v) is 5.89. The molecule has 2 N–H and O–H groups in total. The molecule has 0 fully saturated rings. The molecule has 28 heavy (non-hydrogen) atoms. The number of nitrogens with one attached hydrogen (secondary N) is 2. The van der Waals surface area contributed by atoms with Gasteiger partial charge in [0, 0.05) is 28.5 Å². The molecule has 2 heterocycles. The molecule has 6 nitrogen and oxygen atoms in total. The highest BCUT2D eigenvalue weighted by molar-refractivity contribution is 8.00. The number of nitrogens with zero attached hydrogens (tertiary/aromatic N) is 2. The molecule has 0 aliphatic carbocycles. The first-order valence-corrected chi connectivity index (χ1v) is 9.90. The van der Waals surface area contributed by atoms with E-state index in [-0.39, 0.29) is 23.1 Å². The number of aromatic nitrogens is 2. The molecule has 142 valence electrons. The van der Waals surface area contributed by atoms with Crippen molar-refractivity contribution in [3.63, 3.8) is 0 Å². The number of hydrogen-bond donors (Lipinski definition) is 2. The van der Waals surface area contributed by atoms with Crippen molar-refractivity contribution in [1.29, 1.82) is 0 Å². The molecule has 0 unspecified atom stereocenters. The first-order valence-electron chi connectivity index (χ1n) is 9.02. The van der Waals surface area contributed by atoms with Crippen molar-refractivity contribution in [3.05, 3.63) is 72.3 Å². The molecule has 7 heteroatoms. The Bertz CT molecular complexity index is 1020. The maximum atomic E-state index is 12.7. The van der Waals surface area contributed by atoms with E-state index in [9.17, 15) is 9.59 Å². The average Bonchev–Trinajstić information content (AvgIpc) is 3.23. The van der Waals surface area contributed by atoms with Crippen molar-refractivity contribution in [2.75, 3.05) is 5.32 Å². The molecular formula is C21H20N4O2S. The molecule has 1 aromatic heterocycles. The summed E-state index contributed by atoms with van der Waals surface area (Å²) in [6.45, 7) is 3.81. The highest BCUT2D eigenvalue weighted by atomic mass is 32.2. The summed E-state index contributed by atoms with van der Waals surface area (Å²) in [6.07, 6.45) is 5.36. The predicted octanol–water partition coefficient (Wildman–Crippen LogP) is 3.80. The zero-order valence-electron chi connectivity index (χ0n) is 15.5. The largest absolute Gasteiger partial charge is 0.346 e. The van der Waals surface area contributed by atoms with Gasteiger partial charge in [0.05, 0.1) is 23.3 Å². The number of hydrogen-bond acceptors (Lipinski definition) is 4. The van der Waals surface area contributed by atoms with Crippen molar-refractivity contribution in [1.82, 2.24) is 14.9 Å². The number of imidazole rings is 1. The molecule has 0 spiro atoms. The molecule has 0 bridgehead atoms. The first kappa shape index (κ1) is 18.3. The van der Waals surface area contributed by atoms with Crippen LogP contribution in [0.5, 0.6) is 0 Å². The van der Waals surface area contributed by atoms with E-state index in [0.717, 1.165) is 16.1 Å². The maximum absolute atomic E-state index is 12.7. The van der Waals surface area contributed by atoms with Gasteiger partial charge in [0.1, 0.15) is 0 Å². The Morgan fingerprint density at radius 1 is 1.25 bits per heavy atom. The summed E-state index contributed by atoms with van der Waals surface area (Å²) in [5.41, 5.74) is 3.24. The number of amides is 2. The Kier molecular flexibility index (Phi) is 4.92. The van der Waals surface area contributed by atoms with Crippen LogP contribution in [-0.4, -0.2) is 26.6 Å². The van der Waals surface area contributed by atoms with Gasteiger partial charge in [-0.15, -0.1) is 11.8 Å². The van der Waals surface area contributed by atoms with Gasteiger partial charge in [0.15, 0.2) is 0 Å². The first-order chi connectivity index (χ1) is 13.5. The summed E-state index contributed by atoms with van der Waals surface area (Å²) >= 11 is 1.50. The zero-order chi connectivity index (χ0) is 19.7. The molecule has 2 amide bonds. The lowest BCUT2D eigenvalue weighted by molar-refractivity contribution is -0.115. The van der Waals surface area contributed by atoms with Crippen molar-refractivity contribution < 1.29 is 9.59 Å². The third kappa shape index (κ3) is 3.66. The average molecular weight is 392 g/mol. The van der Waals surface area contributed by atoms with Crippen molar-refractivity contribution in [2.45, 2.75) is 30.0 Å². The van der Waals surface area contributed by atoms with Crippen molar-refractivity contribution in [2.24, 2.45) is 0 Å². The van der Waals surface area contributed by atoms with Gasteiger partial charge in [-0.05, 0) is 49.7 Å². The molecule has 2 atom stereocenters. The van der Waals surface area contributed by atoms with Gasteiger partial charge in [-0.3, -0.25) is 9.59 Å². The molecule has 1 aliphatic rings. The Labute approximate surface area is 167 Å². The van der Waals surface area contributed by atoms with Crippen LogP contribution in [0.3, 0.4) is 0 Å². The van der Waals surface area contributed by atoms with Crippen molar-refractivity contribution >= 4 is 29.3 Å². The number of carbonyl (C=O) groups is 2. The number of benzene rings is 2. The fourth-order valence-electron chi connectivity index (χ4n) is 3.06. The fraction of sp³-hybridized carbons (Fsp3) is 0.190. The van der Waals surface area contributed by atoms with E-state index in [1.54, 1.807) is 24.7 Å². The van der Waals surface area contributed by atoms with Crippen LogP contribution in [0.15, 0.2) is 66.1 Å². The Balaban J connectivity index is 1.46. The summed E-state index contributed by atoms with van der Waals surface area (Å²) in [5.74, 6) is -0.215. The van der Waals surface area contributed by atoms with Crippen LogP contribution in [0.2, 0.25) is 0 Å². The molecule has 0 saturated carbocycles. The Morgan fingerprint density at radius 2 is 2.04 bits per heavy atom. The molecule has 0 saturated heterocycles. The molecule has 3 aromatic rings. The summed E-state index contributed by atoms with van der Waals surface area (Å²) in [5, 5.41) is 5.75. The van der Waals surface area contributed by atoms with E-state index in [0.29, 0.717) is 11.3 Å². The van der Waals surface area contributed by atoms with Crippen LogP contribution in [0.4, 0.5) is 5.69 Å². The van der Waals surface area contributed by atoms with Crippen molar-refractivity contribution in [3.8, 4) is 5.69 Å². The van der Waals surface area contributed by atoms with E-state index in [4.69, 9.17) is 0 Å². The van der Waals surface area contributed by atoms with Gasteiger partial charge in [0.2, 0.25) is 5.91 Å². The van der Waals surface area contributed by atoms with E-state index in [1.165, 1.54) is 11.8 Å². The minimum atomic E-state index is -0.174. The number of carbonyl (C=O) groups excluding carboxylic acids is 2. The second-order valence-corrected chi connectivity index (χ2v) is 8.10. The topological polar surface area (TPSA) is 76.0 Å². The highest BCUT2D eigenvalue weighted by Gasteiger charge is 2.24. The van der Waals surface area contributed by atoms with Gasteiger partial charge in [-0.2, -0.15) is 0 Å². The minimum absolute atomic E-state index is 0.0404. The fourth-order valence-corrected chi connectivity index (χ4v) is 3.99. The molecule has 2 aromatic carbocycles. The lowest BCUT2D eigenvalue weighted by Gasteiger charge is -2.22. The number of rotatable bonds is 4. The standard InChI is InChI=1S/C21H20N4O2S/c1-13(15-3-6-17(7-4-15)25-10-9-22-12-25)23-21(27)16-5-8-19-18(11-16)24-20(26)14(2)28-19/h3-14H,1-2H3,(H,23,27)(H,24,26)/t13-,14-/m0/s1. The van der Waals surface area contributed by atoms with E-state index >= 15 is 0 Å². The van der Waals surface area contributed by atoms with Crippen LogP contribution in [-0.2, 0) is 4.79 Å². The molecule has 1 aliphatic heterocycles. The monoisotopic (exact) mass is 392 g/mol. The van der Waals surface area contributed by atoms with E-state index < -0.39 is 0 Å². The number of fused-ring (bicyclic) bond motifs is 1. The SMILES string of the molecule is C[C@@H]1Sc2ccc(C(=O)N[C@@H](C)c3ccc(-n4ccnc4)cc3)cc2NC1=O.